The summed E-state index contributed by atoms with van der Waals surface area (Å²) in [5.74, 6) is 0.407. The molecular weight excluding hydrogens is 397 g/mol. The molecule has 1 aromatic heterocycles. The molecule has 0 atom stereocenters. The number of alkyl halides is 3. The van der Waals surface area contributed by atoms with Crippen LogP contribution >= 0.6 is 23.8 Å². The van der Waals surface area contributed by atoms with Crippen molar-refractivity contribution < 1.29 is 13.2 Å². The number of hydrogen-bond donors (Lipinski definition) is 2. The smallest absolute Gasteiger partial charge is 0.332 e. The maximum Gasteiger partial charge on any atom is 0.418 e. The van der Waals surface area contributed by atoms with E-state index in [0.717, 1.165) is 11.6 Å². The van der Waals surface area contributed by atoms with Gasteiger partial charge in [-0.2, -0.15) is 18.3 Å². The van der Waals surface area contributed by atoms with Crippen molar-refractivity contribution in [2.75, 3.05) is 10.6 Å². The zero-order valence-electron chi connectivity index (χ0n) is 13.8. The van der Waals surface area contributed by atoms with Gasteiger partial charge >= 0.3 is 6.18 Å². The summed E-state index contributed by atoms with van der Waals surface area (Å²) in [5.41, 5.74) is -0.0231. The Morgan fingerprint density at radius 2 is 1.74 bits per heavy atom. The Bertz CT molecular complexity index is 956. The molecule has 27 heavy (non-hydrogen) atoms. The van der Waals surface area contributed by atoms with Crippen LogP contribution in [0.4, 0.5) is 24.7 Å². The van der Waals surface area contributed by atoms with Crippen molar-refractivity contribution in [3.63, 3.8) is 0 Å². The van der Waals surface area contributed by atoms with Gasteiger partial charge in [-0.3, -0.25) is 4.68 Å². The summed E-state index contributed by atoms with van der Waals surface area (Å²) < 4.78 is 40.8. The van der Waals surface area contributed by atoms with Gasteiger partial charge in [0.25, 0.3) is 0 Å². The van der Waals surface area contributed by atoms with Crippen LogP contribution in [0.25, 0.3) is 0 Å². The van der Waals surface area contributed by atoms with Crippen molar-refractivity contribution in [2.24, 2.45) is 0 Å². The van der Waals surface area contributed by atoms with Crippen molar-refractivity contribution in [2.45, 2.75) is 12.7 Å². The van der Waals surface area contributed by atoms with Crippen molar-refractivity contribution in [3.05, 3.63) is 76.9 Å². The van der Waals surface area contributed by atoms with E-state index in [0.29, 0.717) is 17.4 Å². The minimum Gasteiger partial charge on any atom is -0.332 e. The van der Waals surface area contributed by atoms with E-state index in [1.54, 1.807) is 23.0 Å². The number of thiocarbonyl (C=S) groups is 1. The fourth-order valence-electron chi connectivity index (χ4n) is 2.43. The van der Waals surface area contributed by atoms with Gasteiger partial charge in [0.1, 0.15) is 0 Å². The first kappa shape index (κ1) is 19.2. The molecular formula is C18H14ClF3N4S. The monoisotopic (exact) mass is 410 g/mol. The maximum absolute atomic E-state index is 13.0. The summed E-state index contributed by atoms with van der Waals surface area (Å²) in [6, 6.07) is 14.2. The molecule has 3 aromatic rings. The second kappa shape index (κ2) is 7.98. The lowest BCUT2D eigenvalue weighted by Crippen LogP contribution is -2.22. The zero-order valence-corrected chi connectivity index (χ0v) is 15.4. The van der Waals surface area contributed by atoms with Crippen LogP contribution in [0.1, 0.15) is 11.1 Å². The summed E-state index contributed by atoms with van der Waals surface area (Å²) in [6.45, 7) is 0.457. The largest absolute Gasteiger partial charge is 0.418 e. The average Bonchev–Trinajstić information content (AvgIpc) is 3.03. The molecule has 2 N–H and O–H groups in total. The molecule has 9 heteroatoms. The van der Waals surface area contributed by atoms with Gasteiger partial charge in [0.15, 0.2) is 10.9 Å². The van der Waals surface area contributed by atoms with Crippen LogP contribution < -0.4 is 10.6 Å². The Labute approximate surface area is 164 Å². The van der Waals surface area contributed by atoms with Crippen LogP contribution in [0.2, 0.25) is 5.02 Å². The molecule has 0 spiro atoms. The molecule has 4 nitrogen and oxygen atoms in total. The summed E-state index contributed by atoms with van der Waals surface area (Å²) in [5, 5.41) is 10.3. The van der Waals surface area contributed by atoms with Gasteiger partial charge in [-0.15, -0.1) is 0 Å². The predicted molar refractivity (Wildman–Crippen MR) is 104 cm³/mol. The summed E-state index contributed by atoms with van der Waals surface area (Å²) >= 11 is 11.2. The highest BCUT2D eigenvalue weighted by molar-refractivity contribution is 7.80. The van der Waals surface area contributed by atoms with E-state index in [-0.39, 0.29) is 10.8 Å². The number of halogens is 4. The van der Waals surface area contributed by atoms with Gasteiger partial charge in [-0.1, -0.05) is 41.9 Å². The molecule has 0 radical (unpaired) electrons. The molecule has 0 aliphatic rings. The number of nitrogens with zero attached hydrogens (tertiary/aromatic N) is 2. The molecule has 0 saturated carbocycles. The number of hydrogen-bond acceptors (Lipinski definition) is 2. The Kier molecular flexibility index (Phi) is 5.67. The van der Waals surface area contributed by atoms with Gasteiger partial charge in [0, 0.05) is 17.3 Å². The van der Waals surface area contributed by atoms with Crippen LogP contribution in [0.5, 0.6) is 0 Å². The summed E-state index contributed by atoms with van der Waals surface area (Å²) in [6.07, 6.45) is -2.76. The quantitative estimate of drug-likeness (QED) is 0.564. The zero-order chi connectivity index (χ0) is 19.4. The third-order valence-corrected chi connectivity index (χ3v) is 4.23. The van der Waals surface area contributed by atoms with E-state index in [1.807, 2.05) is 18.2 Å². The van der Waals surface area contributed by atoms with Gasteiger partial charge in [0.05, 0.1) is 17.8 Å². The number of para-hydroxylation sites is 1. The molecule has 140 valence electrons. The average molecular weight is 411 g/mol. The lowest BCUT2D eigenvalue weighted by molar-refractivity contribution is -0.136. The van der Waals surface area contributed by atoms with E-state index in [4.69, 9.17) is 23.8 Å². The maximum atomic E-state index is 13.0. The topological polar surface area (TPSA) is 41.9 Å². The van der Waals surface area contributed by atoms with Gasteiger partial charge in [0.2, 0.25) is 0 Å². The van der Waals surface area contributed by atoms with Crippen LogP contribution in [0, 0.1) is 0 Å². The molecule has 0 unspecified atom stereocenters. The summed E-state index contributed by atoms with van der Waals surface area (Å²) in [4.78, 5) is 0. The highest BCUT2D eigenvalue weighted by Crippen LogP contribution is 2.34. The normalized spacial score (nSPS) is 11.3. The van der Waals surface area contributed by atoms with E-state index >= 15 is 0 Å². The molecule has 0 saturated heterocycles. The second-order valence-electron chi connectivity index (χ2n) is 5.61. The molecule has 0 aliphatic carbocycles. The fraction of sp³-hybridized carbons (Fsp3) is 0.111. The Morgan fingerprint density at radius 3 is 2.48 bits per heavy atom. The Hall–Kier alpha value is -2.58. The van der Waals surface area contributed by atoms with Crippen LogP contribution in [-0.2, 0) is 12.7 Å². The lowest BCUT2D eigenvalue weighted by Gasteiger charge is -2.15. The van der Waals surface area contributed by atoms with E-state index in [2.05, 4.69) is 15.7 Å². The number of benzene rings is 2. The van der Waals surface area contributed by atoms with E-state index in [1.165, 1.54) is 18.2 Å². The SMILES string of the molecule is FC(F)(F)c1ccccc1NC(=S)Nc1ccn(Cc2ccccc2Cl)n1. The number of anilines is 2. The van der Waals surface area contributed by atoms with Crippen molar-refractivity contribution in [1.29, 1.82) is 0 Å². The fourth-order valence-corrected chi connectivity index (χ4v) is 2.84. The lowest BCUT2D eigenvalue weighted by atomic mass is 10.2. The molecule has 3 rings (SSSR count). The van der Waals surface area contributed by atoms with E-state index < -0.39 is 11.7 Å². The third kappa shape index (κ3) is 4.99. The first-order valence-corrected chi connectivity index (χ1v) is 8.62. The first-order valence-electron chi connectivity index (χ1n) is 7.84. The molecule has 0 aliphatic heterocycles. The molecule has 1 heterocycles. The van der Waals surface area contributed by atoms with Gasteiger partial charge < -0.3 is 10.6 Å². The number of aromatic nitrogens is 2. The van der Waals surface area contributed by atoms with Gasteiger partial charge in [-0.25, -0.2) is 0 Å². The van der Waals surface area contributed by atoms with Gasteiger partial charge in [-0.05, 0) is 36.0 Å². The second-order valence-corrected chi connectivity index (χ2v) is 6.43. The van der Waals surface area contributed by atoms with Crippen molar-refractivity contribution >= 4 is 40.4 Å². The Balaban J connectivity index is 1.66. The summed E-state index contributed by atoms with van der Waals surface area (Å²) in [7, 11) is 0. The third-order valence-electron chi connectivity index (χ3n) is 3.65. The van der Waals surface area contributed by atoms with E-state index in [9.17, 15) is 13.2 Å². The molecule has 2 aromatic carbocycles. The van der Waals surface area contributed by atoms with Crippen LogP contribution in [0.3, 0.4) is 0 Å². The van der Waals surface area contributed by atoms with Crippen LogP contribution in [-0.4, -0.2) is 14.9 Å². The minimum absolute atomic E-state index is 0.00898. The van der Waals surface area contributed by atoms with Crippen LogP contribution in [0.15, 0.2) is 60.8 Å². The highest BCUT2D eigenvalue weighted by Gasteiger charge is 2.33. The first-order chi connectivity index (χ1) is 12.8. The minimum atomic E-state index is -4.48. The number of nitrogens with one attached hydrogen (secondary N) is 2. The van der Waals surface area contributed by atoms with Crippen molar-refractivity contribution in [3.8, 4) is 0 Å². The molecule has 0 amide bonds. The standard InChI is InChI=1S/C18H14ClF3N4S/c19-14-7-3-1-5-12(14)11-26-10-9-16(25-26)24-17(27)23-15-8-4-2-6-13(15)18(20,21)22/h1-10H,11H2,(H2,23,24,25,27). The Morgan fingerprint density at radius 1 is 1.04 bits per heavy atom. The predicted octanol–water partition coefficient (Wildman–Crippen LogP) is 5.41. The molecule has 0 fully saturated rings. The van der Waals surface area contributed by atoms with Crippen molar-refractivity contribution in [1.82, 2.24) is 9.78 Å². The highest BCUT2D eigenvalue weighted by atomic mass is 35.5. The number of rotatable bonds is 4. The molecule has 0 bridgehead atoms.